The number of benzene rings is 1. The van der Waals surface area contributed by atoms with Crippen LogP contribution in [0.25, 0.3) is 11.0 Å². The van der Waals surface area contributed by atoms with E-state index in [1.165, 1.54) is 17.5 Å². The molecule has 2 atom stereocenters. The number of hydrogen-bond donors (Lipinski definition) is 1. The lowest BCUT2D eigenvalue weighted by atomic mass is 9.98. The van der Waals surface area contributed by atoms with Crippen molar-refractivity contribution in [3.8, 4) is 0 Å². The third-order valence-electron chi connectivity index (χ3n) is 3.90. The molecule has 2 bridgehead atoms. The Labute approximate surface area is 93.9 Å². The van der Waals surface area contributed by atoms with Crippen LogP contribution in [0.15, 0.2) is 24.5 Å². The van der Waals surface area contributed by atoms with Crippen LogP contribution in [0, 0.1) is 0 Å². The lowest BCUT2D eigenvalue weighted by Gasteiger charge is -2.19. The van der Waals surface area contributed by atoms with Crippen LogP contribution >= 0.6 is 0 Å². The van der Waals surface area contributed by atoms with E-state index in [1.807, 2.05) is 0 Å². The zero-order chi connectivity index (χ0) is 10.5. The lowest BCUT2D eigenvalue weighted by Crippen LogP contribution is -2.28. The second kappa shape index (κ2) is 3.01. The quantitative estimate of drug-likeness (QED) is 0.722. The van der Waals surface area contributed by atoms with E-state index in [0.717, 1.165) is 24.1 Å². The highest BCUT2D eigenvalue weighted by Gasteiger charge is 2.34. The first-order valence-corrected chi connectivity index (χ1v) is 5.87. The predicted molar refractivity (Wildman–Crippen MR) is 62.5 cm³/mol. The van der Waals surface area contributed by atoms with Crippen molar-refractivity contribution in [2.75, 3.05) is 13.1 Å². The molecule has 2 aliphatic rings. The zero-order valence-electron chi connectivity index (χ0n) is 8.98. The van der Waals surface area contributed by atoms with Crippen molar-refractivity contribution < 1.29 is 0 Å². The highest BCUT2D eigenvalue weighted by atomic mass is 14.9. The lowest BCUT2D eigenvalue weighted by molar-refractivity contribution is 0.454. The van der Waals surface area contributed by atoms with Crippen molar-refractivity contribution in [1.82, 2.24) is 15.3 Å². The molecule has 0 saturated carbocycles. The van der Waals surface area contributed by atoms with Gasteiger partial charge >= 0.3 is 0 Å². The van der Waals surface area contributed by atoms with Crippen molar-refractivity contribution in [3.63, 3.8) is 0 Å². The van der Waals surface area contributed by atoms with Gasteiger partial charge in [-0.15, -0.1) is 0 Å². The Kier molecular flexibility index (Phi) is 1.63. The van der Waals surface area contributed by atoms with E-state index in [2.05, 4.69) is 27.4 Å². The van der Waals surface area contributed by atoms with Crippen molar-refractivity contribution in [2.45, 2.75) is 18.3 Å². The summed E-state index contributed by atoms with van der Waals surface area (Å²) in [5.41, 5.74) is 5.08. The van der Waals surface area contributed by atoms with Crippen LogP contribution in [-0.4, -0.2) is 23.1 Å². The van der Waals surface area contributed by atoms with Gasteiger partial charge in [-0.05, 0) is 41.5 Å². The SMILES string of the molecule is c1cnc2cc3c(cc2n1)[C@@H]1CNC[C@@H]3C1. The molecule has 0 unspecified atom stereocenters. The van der Waals surface area contributed by atoms with E-state index >= 15 is 0 Å². The van der Waals surface area contributed by atoms with Crippen molar-refractivity contribution in [3.05, 3.63) is 35.7 Å². The molecule has 16 heavy (non-hydrogen) atoms. The molecule has 1 aromatic carbocycles. The molecule has 1 fully saturated rings. The predicted octanol–water partition coefficient (Wildman–Crippen LogP) is 1.80. The Morgan fingerprint density at radius 3 is 2.06 bits per heavy atom. The Bertz CT molecular complexity index is 516. The molecule has 3 nitrogen and oxygen atoms in total. The average Bonchev–Trinajstić information content (AvgIpc) is 2.59. The fourth-order valence-corrected chi connectivity index (χ4v) is 3.17. The summed E-state index contributed by atoms with van der Waals surface area (Å²) < 4.78 is 0. The fourth-order valence-electron chi connectivity index (χ4n) is 3.17. The average molecular weight is 211 g/mol. The van der Waals surface area contributed by atoms with E-state index in [0.29, 0.717) is 11.8 Å². The van der Waals surface area contributed by atoms with Gasteiger partial charge < -0.3 is 5.32 Å². The van der Waals surface area contributed by atoms with Crippen LogP contribution in [0.1, 0.15) is 29.4 Å². The maximum Gasteiger partial charge on any atom is 0.0889 e. The molecule has 2 heterocycles. The zero-order valence-corrected chi connectivity index (χ0v) is 8.98. The molecule has 4 rings (SSSR count). The molecule has 0 spiro atoms. The summed E-state index contributed by atoms with van der Waals surface area (Å²) in [6.45, 7) is 2.24. The number of rotatable bonds is 0. The highest BCUT2D eigenvalue weighted by Crippen LogP contribution is 2.44. The summed E-state index contributed by atoms with van der Waals surface area (Å²) in [6, 6.07) is 4.49. The molecule has 3 heteroatoms. The van der Waals surface area contributed by atoms with Gasteiger partial charge in [0.2, 0.25) is 0 Å². The molecule has 1 saturated heterocycles. The number of fused-ring (bicyclic) bond motifs is 6. The maximum absolute atomic E-state index is 4.39. The second-order valence-electron chi connectivity index (χ2n) is 4.81. The van der Waals surface area contributed by atoms with Gasteiger partial charge in [-0.25, -0.2) is 0 Å². The van der Waals surface area contributed by atoms with E-state index in [4.69, 9.17) is 0 Å². The maximum atomic E-state index is 4.39. The number of nitrogens with one attached hydrogen (secondary N) is 1. The summed E-state index contributed by atoms with van der Waals surface area (Å²) in [7, 11) is 0. The normalized spacial score (nSPS) is 27.0. The third-order valence-corrected chi connectivity index (χ3v) is 3.90. The smallest absolute Gasteiger partial charge is 0.0889 e. The Morgan fingerprint density at radius 2 is 1.50 bits per heavy atom. The topological polar surface area (TPSA) is 37.8 Å². The summed E-state index contributed by atoms with van der Waals surface area (Å²) >= 11 is 0. The molecular formula is C13H13N3. The van der Waals surface area contributed by atoms with Gasteiger partial charge in [0.25, 0.3) is 0 Å². The van der Waals surface area contributed by atoms with E-state index in [1.54, 1.807) is 12.4 Å². The molecule has 80 valence electrons. The first kappa shape index (κ1) is 8.65. The van der Waals surface area contributed by atoms with Gasteiger partial charge in [-0.1, -0.05) is 0 Å². The van der Waals surface area contributed by atoms with Crippen LogP contribution in [0.5, 0.6) is 0 Å². The van der Waals surface area contributed by atoms with Crippen molar-refractivity contribution in [2.24, 2.45) is 0 Å². The number of piperidine rings is 1. The van der Waals surface area contributed by atoms with Crippen molar-refractivity contribution >= 4 is 11.0 Å². The molecule has 1 aromatic heterocycles. The van der Waals surface area contributed by atoms with Gasteiger partial charge in [-0.2, -0.15) is 0 Å². The minimum Gasteiger partial charge on any atom is -0.316 e. The van der Waals surface area contributed by atoms with E-state index in [9.17, 15) is 0 Å². The summed E-state index contributed by atoms with van der Waals surface area (Å²) in [4.78, 5) is 8.78. The third kappa shape index (κ3) is 1.06. The monoisotopic (exact) mass is 211 g/mol. The van der Waals surface area contributed by atoms with Crippen LogP contribution in [0.4, 0.5) is 0 Å². The van der Waals surface area contributed by atoms with Gasteiger partial charge in [0.1, 0.15) is 0 Å². The number of hydrogen-bond acceptors (Lipinski definition) is 3. The van der Waals surface area contributed by atoms with Crippen LogP contribution < -0.4 is 5.32 Å². The minimum absolute atomic E-state index is 0.695. The Morgan fingerprint density at radius 1 is 0.938 bits per heavy atom. The largest absolute Gasteiger partial charge is 0.316 e. The van der Waals surface area contributed by atoms with Gasteiger partial charge in [0, 0.05) is 25.5 Å². The molecule has 0 radical (unpaired) electrons. The fraction of sp³-hybridized carbons (Fsp3) is 0.385. The molecular weight excluding hydrogens is 198 g/mol. The number of aromatic nitrogens is 2. The van der Waals surface area contributed by atoms with Crippen LogP contribution in [0.3, 0.4) is 0 Å². The summed E-state index contributed by atoms with van der Waals surface area (Å²) in [5.74, 6) is 1.39. The highest BCUT2D eigenvalue weighted by molar-refractivity contribution is 5.77. The summed E-state index contributed by atoms with van der Waals surface area (Å²) in [5, 5.41) is 3.51. The van der Waals surface area contributed by atoms with Crippen molar-refractivity contribution in [1.29, 1.82) is 0 Å². The Hall–Kier alpha value is -1.48. The minimum atomic E-state index is 0.695. The van der Waals surface area contributed by atoms with E-state index in [-0.39, 0.29) is 0 Å². The Balaban J connectivity index is 2.01. The van der Waals surface area contributed by atoms with E-state index < -0.39 is 0 Å². The second-order valence-corrected chi connectivity index (χ2v) is 4.81. The van der Waals surface area contributed by atoms with Gasteiger partial charge in [-0.3, -0.25) is 9.97 Å². The van der Waals surface area contributed by atoms with Crippen LogP contribution in [-0.2, 0) is 0 Å². The van der Waals surface area contributed by atoms with Crippen LogP contribution in [0.2, 0.25) is 0 Å². The molecule has 1 aliphatic carbocycles. The first-order valence-electron chi connectivity index (χ1n) is 5.87. The summed E-state index contributed by atoms with van der Waals surface area (Å²) in [6.07, 6.45) is 4.85. The first-order chi connectivity index (χ1) is 7.92. The number of nitrogens with zero attached hydrogens (tertiary/aromatic N) is 2. The van der Waals surface area contributed by atoms with Gasteiger partial charge in [0.15, 0.2) is 0 Å². The molecule has 1 aliphatic heterocycles. The standard InChI is InChI=1S/C13H13N3/c1-2-16-13-5-11-9-3-8(6-14-7-9)10(11)4-12(13)15-1/h1-2,4-5,8-9,14H,3,6-7H2/t8-,9-/m0/s1. The molecule has 0 amide bonds. The molecule has 1 N–H and O–H groups in total. The van der Waals surface area contributed by atoms with Gasteiger partial charge in [0.05, 0.1) is 11.0 Å². The molecule has 2 aromatic rings.